The smallest absolute Gasteiger partial charge is 0.229 e. The van der Waals surface area contributed by atoms with Crippen LogP contribution in [0, 0.1) is 11.3 Å². The summed E-state index contributed by atoms with van der Waals surface area (Å²) in [6, 6.07) is 13.3. The highest BCUT2D eigenvalue weighted by molar-refractivity contribution is 6.42. The minimum Gasteiger partial charge on any atom is -0.436 e. The Hall–Kier alpha value is -3.07. The summed E-state index contributed by atoms with van der Waals surface area (Å²) in [7, 11) is 0. The summed E-state index contributed by atoms with van der Waals surface area (Å²) in [6.45, 7) is 0. The number of halogens is 2. The lowest BCUT2D eigenvalue weighted by atomic mass is 9.75. The lowest BCUT2D eigenvalue weighted by Crippen LogP contribution is -2.32. The van der Waals surface area contributed by atoms with E-state index in [1.165, 1.54) is 0 Å². The van der Waals surface area contributed by atoms with Gasteiger partial charge >= 0.3 is 0 Å². The van der Waals surface area contributed by atoms with Gasteiger partial charge in [0, 0.05) is 11.1 Å². The molecule has 0 bridgehead atoms. The number of nitrogens with zero attached hydrogens (tertiary/aromatic N) is 1. The highest BCUT2D eigenvalue weighted by Gasteiger charge is 2.44. The Morgan fingerprint density at radius 1 is 1.00 bits per heavy atom. The Morgan fingerprint density at radius 2 is 1.67 bits per heavy atom. The van der Waals surface area contributed by atoms with Crippen LogP contribution in [0.25, 0.3) is 0 Å². The van der Waals surface area contributed by atoms with Gasteiger partial charge in [0.1, 0.15) is 11.6 Å². The summed E-state index contributed by atoms with van der Waals surface area (Å²) < 4.78 is 5.42. The molecule has 2 N–H and O–H groups in total. The molecule has 2 aromatic carbocycles. The van der Waals surface area contributed by atoms with Crippen molar-refractivity contribution in [2.75, 3.05) is 0 Å². The molecule has 1 aliphatic heterocycles. The molecule has 0 aromatic heterocycles. The van der Waals surface area contributed by atoms with E-state index in [1.807, 2.05) is 6.07 Å². The Labute approximate surface area is 164 Å². The minimum absolute atomic E-state index is 0.00144. The molecule has 1 atom stereocenters. The third-order valence-electron chi connectivity index (χ3n) is 4.58. The molecular weight excluding hydrogens is 387 g/mol. The Bertz CT molecular complexity index is 1140. The SMILES string of the molecule is N#CC1=C(N)OC2=C(C(=O)c3ccccc3C2=O)[C@H]1c1cccc(Cl)c1Cl. The van der Waals surface area contributed by atoms with Crippen LogP contribution in [0.15, 0.2) is 65.3 Å². The van der Waals surface area contributed by atoms with Gasteiger partial charge in [0.15, 0.2) is 11.5 Å². The van der Waals surface area contributed by atoms with Gasteiger partial charge in [-0.1, -0.05) is 59.6 Å². The molecule has 2 aliphatic rings. The van der Waals surface area contributed by atoms with Gasteiger partial charge in [0.2, 0.25) is 11.7 Å². The number of benzene rings is 2. The standard InChI is InChI=1S/C20H10Cl2N2O3/c21-13-7-3-6-11(16(13)22)14-12(8-23)20(24)27-19-15(14)17(25)9-4-1-2-5-10(9)18(19)26/h1-7,14H,24H2/t14-/m0/s1. The van der Waals surface area contributed by atoms with E-state index in [0.29, 0.717) is 5.56 Å². The van der Waals surface area contributed by atoms with E-state index in [0.717, 1.165) is 0 Å². The normalized spacial score (nSPS) is 18.6. The van der Waals surface area contributed by atoms with Crippen molar-refractivity contribution in [3.63, 3.8) is 0 Å². The van der Waals surface area contributed by atoms with Gasteiger partial charge < -0.3 is 10.5 Å². The van der Waals surface area contributed by atoms with Crippen molar-refractivity contribution in [1.29, 1.82) is 5.26 Å². The zero-order valence-corrected chi connectivity index (χ0v) is 15.1. The summed E-state index contributed by atoms with van der Waals surface area (Å²) >= 11 is 12.5. The van der Waals surface area contributed by atoms with Crippen LogP contribution in [0.3, 0.4) is 0 Å². The first-order valence-corrected chi connectivity index (χ1v) is 8.65. The van der Waals surface area contributed by atoms with Crippen molar-refractivity contribution in [3.8, 4) is 6.07 Å². The minimum atomic E-state index is -0.949. The second-order valence-corrected chi connectivity index (χ2v) is 6.80. The number of rotatable bonds is 1. The van der Waals surface area contributed by atoms with E-state index in [2.05, 4.69) is 0 Å². The molecule has 2 aromatic rings. The number of hydrogen-bond donors (Lipinski definition) is 1. The monoisotopic (exact) mass is 396 g/mol. The summed E-state index contributed by atoms with van der Waals surface area (Å²) in [5.74, 6) is -2.26. The molecule has 0 spiro atoms. The topological polar surface area (TPSA) is 93.2 Å². The molecule has 0 radical (unpaired) electrons. The maximum atomic E-state index is 13.2. The Morgan fingerprint density at radius 3 is 2.33 bits per heavy atom. The first-order valence-electron chi connectivity index (χ1n) is 7.89. The summed E-state index contributed by atoms with van der Waals surface area (Å²) in [5, 5.41) is 10.1. The maximum Gasteiger partial charge on any atom is 0.229 e. The van der Waals surface area contributed by atoms with Crippen LogP contribution in [0.5, 0.6) is 0 Å². The van der Waals surface area contributed by atoms with Crippen LogP contribution in [0.2, 0.25) is 10.0 Å². The second kappa shape index (κ2) is 6.27. The molecule has 4 rings (SSSR count). The van der Waals surface area contributed by atoms with Crippen molar-refractivity contribution >= 4 is 34.8 Å². The zero-order valence-electron chi connectivity index (χ0n) is 13.6. The van der Waals surface area contributed by atoms with Crippen LogP contribution in [0.4, 0.5) is 0 Å². The van der Waals surface area contributed by atoms with E-state index in [4.69, 9.17) is 33.7 Å². The number of nitrogens with two attached hydrogens (primary N) is 1. The molecule has 5 nitrogen and oxygen atoms in total. The second-order valence-electron chi connectivity index (χ2n) is 6.01. The average molecular weight is 397 g/mol. The fourth-order valence-corrected chi connectivity index (χ4v) is 3.78. The third kappa shape index (κ3) is 2.46. The molecule has 0 unspecified atom stereocenters. The number of nitriles is 1. The largest absolute Gasteiger partial charge is 0.436 e. The number of ether oxygens (including phenoxy) is 1. The summed E-state index contributed by atoms with van der Waals surface area (Å²) in [6.07, 6.45) is 0. The van der Waals surface area contributed by atoms with Crippen molar-refractivity contribution in [3.05, 3.63) is 92.0 Å². The number of allylic oxidation sites excluding steroid dienone is 3. The van der Waals surface area contributed by atoms with Gasteiger partial charge in [0.25, 0.3) is 0 Å². The van der Waals surface area contributed by atoms with E-state index in [9.17, 15) is 14.9 Å². The number of hydrogen-bond acceptors (Lipinski definition) is 5. The van der Waals surface area contributed by atoms with Crippen LogP contribution in [-0.4, -0.2) is 11.6 Å². The zero-order chi connectivity index (χ0) is 19.3. The first kappa shape index (κ1) is 17.3. The lowest BCUT2D eigenvalue weighted by Gasteiger charge is -2.31. The van der Waals surface area contributed by atoms with Gasteiger partial charge in [-0.25, -0.2) is 0 Å². The van der Waals surface area contributed by atoms with Crippen molar-refractivity contribution in [2.45, 2.75) is 5.92 Å². The van der Waals surface area contributed by atoms with Gasteiger partial charge in [-0.3, -0.25) is 9.59 Å². The molecule has 1 aliphatic carbocycles. The third-order valence-corrected chi connectivity index (χ3v) is 5.41. The number of Topliss-reactive ketones (excluding diaryl/α,β-unsaturated/α-hetero) is 2. The molecule has 0 saturated heterocycles. The van der Waals surface area contributed by atoms with E-state index in [-0.39, 0.29) is 44.0 Å². The molecule has 0 amide bonds. The number of fused-ring (bicyclic) bond motifs is 1. The van der Waals surface area contributed by atoms with Crippen molar-refractivity contribution in [2.24, 2.45) is 5.73 Å². The van der Waals surface area contributed by atoms with E-state index < -0.39 is 17.5 Å². The lowest BCUT2D eigenvalue weighted by molar-refractivity contribution is 0.0897. The molecule has 132 valence electrons. The summed E-state index contributed by atoms with van der Waals surface area (Å²) in [5.41, 5.74) is 6.81. The highest BCUT2D eigenvalue weighted by Crippen LogP contribution is 2.46. The van der Waals surface area contributed by atoms with Crippen LogP contribution in [0.1, 0.15) is 32.2 Å². The predicted molar refractivity (Wildman–Crippen MR) is 99.2 cm³/mol. The molecule has 27 heavy (non-hydrogen) atoms. The molecule has 0 saturated carbocycles. The van der Waals surface area contributed by atoms with Crippen LogP contribution in [-0.2, 0) is 4.74 Å². The van der Waals surface area contributed by atoms with Gasteiger partial charge in [-0.05, 0) is 11.6 Å². The summed E-state index contributed by atoms with van der Waals surface area (Å²) in [4.78, 5) is 26.1. The number of ketones is 2. The molecule has 7 heteroatoms. The quantitative estimate of drug-likeness (QED) is 0.781. The van der Waals surface area contributed by atoms with Gasteiger partial charge in [-0.15, -0.1) is 0 Å². The van der Waals surface area contributed by atoms with E-state index >= 15 is 0 Å². The van der Waals surface area contributed by atoms with E-state index in [1.54, 1.807) is 42.5 Å². The predicted octanol–water partition coefficient (Wildman–Crippen LogP) is 4.13. The Kier molecular flexibility index (Phi) is 4.03. The van der Waals surface area contributed by atoms with Crippen LogP contribution < -0.4 is 5.73 Å². The van der Waals surface area contributed by atoms with Crippen molar-refractivity contribution in [1.82, 2.24) is 0 Å². The first-order chi connectivity index (χ1) is 13.0. The maximum absolute atomic E-state index is 13.2. The number of carbonyl (C=O) groups excluding carboxylic acids is 2. The van der Waals surface area contributed by atoms with Crippen molar-refractivity contribution < 1.29 is 14.3 Å². The highest BCUT2D eigenvalue weighted by atomic mass is 35.5. The average Bonchev–Trinajstić information content (AvgIpc) is 2.67. The fraction of sp³-hybridized carbons (Fsp3) is 0.0500. The van der Waals surface area contributed by atoms with Gasteiger partial charge in [-0.2, -0.15) is 5.26 Å². The number of carbonyl (C=O) groups is 2. The van der Waals surface area contributed by atoms with Crippen LogP contribution >= 0.6 is 23.2 Å². The molecular formula is C20H10Cl2N2O3. The fourth-order valence-electron chi connectivity index (χ4n) is 3.36. The Balaban J connectivity index is 2.02. The van der Waals surface area contributed by atoms with Gasteiger partial charge in [0.05, 0.1) is 21.5 Å². The molecule has 1 heterocycles. The molecule has 0 fully saturated rings.